The average Bonchev–Trinajstić information content (AvgIpc) is 2.75. The number of halogens is 2. The van der Waals surface area contributed by atoms with Crippen LogP contribution in [0.4, 0.5) is 8.78 Å². The zero-order valence-electron chi connectivity index (χ0n) is 17.8. The normalized spacial score (nSPS) is 34.0. The van der Waals surface area contributed by atoms with Crippen molar-refractivity contribution >= 4 is 6.08 Å². The second kappa shape index (κ2) is 8.88. The molecule has 160 valence electrons. The van der Waals surface area contributed by atoms with Crippen molar-refractivity contribution in [2.75, 3.05) is 0 Å². The first kappa shape index (κ1) is 21.0. The number of aliphatic hydroxyl groups excluding tert-OH is 1. The van der Waals surface area contributed by atoms with E-state index in [1.54, 1.807) is 12.1 Å². The van der Waals surface area contributed by atoms with E-state index in [0.29, 0.717) is 11.5 Å². The van der Waals surface area contributed by atoms with Gasteiger partial charge in [-0.25, -0.2) is 0 Å². The van der Waals surface area contributed by atoms with E-state index in [2.05, 4.69) is 6.92 Å². The second-order valence-electron chi connectivity index (χ2n) is 9.81. The predicted octanol–water partition coefficient (Wildman–Crippen LogP) is 7.44. The van der Waals surface area contributed by atoms with Gasteiger partial charge >= 0.3 is 5.92 Å². The van der Waals surface area contributed by atoms with Crippen molar-refractivity contribution in [3.63, 3.8) is 0 Å². The summed E-state index contributed by atoms with van der Waals surface area (Å²) in [6.07, 6.45) is 16.0. The molecule has 0 radical (unpaired) electrons. The highest BCUT2D eigenvalue weighted by Crippen LogP contribution is 2.46. The SMILES string of the molecule is CCCCC1CCC(C2CCC(c3ccc4c(c3)C=CC(O)C4(F)F)CC2)CC1. The Bertz CT molecular complexity index is 709. The van der Waals surface area contributed by atoms with E-state index in [1.165, 1.54) is 82.3 Å². The maximum Gasteiger partial charge on any atom is 0.302 e. The number of hydrogen-bond donors (Lipinski definition) is 1. The predicted molar refractivity (Wildman–Crippen MR) is 115 cm³/mol. The van der Waals surface area contributed by atoms with E-state index in [0.717, 1.165) is 17.8 Å². The van der Waals surface area contributed by atoms with Crippen LogP contribution in [0, 0.1) is 17.8 Å². The van der Waals surface area contributed by atoms with Crippen LogP contribution in [0.5, 0.6) is 0 Å². The summed E-state index contributed by atoms with van der Waals surface area (Å²) in [5.41, 5.74) is 1.73. The molecule has 29 heavy (non-hydrogen) atoms. The summed E-state index contributed by atoms with van der Waals surface area (Å²) in [5.74, 6) is 0.0703. The third-order valence-electron chi connectivity index (χ3n) is 8.03. The van der Waals surface area contributed by atoms with E-state index in [1.807, 2.05) is 12.1 Å². The van der Waals surface area contributed by atoms with Crippen LogP contribution in [0.3, 0.4) is 0 Å². The fourth-order valence-electron chi connectivity index (χ4n) is 6.12. The van der Waals surface area contributed by atoms with E-state index in [4.69, 9.17) is 0 Å². The lowest BCUT2D eigenvalue weighted by molar-refractivity contribution is -0.0940. The highest BCUT2D eigenvalue weighted by atomic mass is 19.3. The Kier molecular flexibility index (Phi) is 6.44. The molecule has 0 saturated heterocycles. The summed E-state index contributed by atoms with van der Waals surface area (Å²) in [5, 5.41) is 9.58. The molecule has 3 aliphatic rings. The fourth-order valence-corrected chi connectivity index (χ4v) is 6.12. The number of unbranched alkanes of at least 4 members (excludes halogenated alkanes) is 1. The number of aliphatic hydroxyl groups is 1. The summed E-state index contributed by atoms with van der Waals surface area (Å²) in [4.78, 5) is 0. The summed E-state index contributed by atoms with van der Waals surface area (Å²) in [6, 6.07) is 5.36. The topological polar surface area (TPSA) is 20.2 Å². The van der Waals surface area contributed by atoms with Crippen LogP contribution in [0.1, 0.15) is 100 Å². The Labute approximate surface area is 174 Å². The average molecular weight is 403 g/mol. The highest BCUT2D eigenvalue weighted by Gasteiger charge is 2.42. The van der Waals surface area contributed by atoms with Gasteiger partial charge in [-0.05, 0) is 79.4 Å². The molecule has 2 saturated carbocycles. The Balaban J connectivity index is 1.32. The van der Waals surface area contributed by atoms with Gasteiger partial charge in [0.1, 0.15) is 6.10 Å². The number of hydrogen-bond acceptors (Lipinski definition) is 1. The Morgan fingerprint density at radius 3 is 2.28 bits per heavy atom. The van der Waals surface area contributed by atoms with Crippen LogP contribution in [-0.4, -0.2) is 11.2 Å². The number of benzene rings is 1. The van der Waals surface area contributed by atoms with Crippen LogP contribution in [0.15, 0.2) is 24.3 Å². The maximum absolute atomic E-state index is 14.2. The molecule has 0 amide bonds. The van der Waals surface area contributed by atoms with Gasteiger partial charge in [0.15, 0.2) is 0 Å². The molecule has 0 spiro atoms. The van der Waals surface area contributed by atoms with Gasteiger partial charge in [-0.15, -0.1) is 0 Å². The standard InChI is InChI=1S/C26H36F2O/c1-2-3-4-18-5-7-19(8-6-18)20-9-11-21(12-10-20)22-13-15-24-23(17-22)14-16-25(29)26(24,27)28/h13-21,25,29H,2-12H2,1H3. The molecular weight excluding hydrogens is 366 g/mol. The largest absolute Gasteiger partial charge is 0.382 e. The first-order chi connectivity index (χ1) is 14.0. The molecule has 1 aromatic rings. The molecule has 0 bridgehead atoms. The third-order valence-corrected chi connectivity index (χ3v) is 8.03. The molecule has 0 aromatic heterocycles. The number of rotatable bonds is 5. The lowest BCUT2D eigenvalue weighted by atomic mass is 9.68. The van der Waals surface area contributed by atoms with E-state index in [-0.39, 0.29) is 5.56 Å². The van der Waals surface area contributed by atoms with Crippen molar-refractivity contribution in [1.29, 1.82) is 0 Å². The van der Waals surface area contributed by atoms with Crippen molar-refractivity contribution in [2.24, 2.45) is 17.8 Å². The Morgan fingerprint density at radius 2 is 1.62 bits per heavy atom. The van der Waals surface area contributed by atoms with Gasteiger partial charge in [0.2, 0.25) is 0 Å². The first-order valence-corrected chi connectivity index (χ1v) is 11.9. The Hall–Kier alpha value is -1.22. The lowest BCUT2D eigenvalue weighted by Crippen LogP contribution is -2.32. The number of fused-ring (bicyclic) bond motifs is 1. The van der Waals surface area contributed by atoms with Gasteiger partial charge < -0.3 is 5.11 Å². The van der Waals surface area contributed by atoms with Gasteiger partial charge in [-0.1, -0.05) is 63.3 Å². The second-order valence-corrected chi connectivity index (χ2v) is 9.81. The summed E-state index contributed by atoms with van der Waals surface area (Å²) < 4.78 is 28.4. The summed E-state index contributed by atoms with van der Waals surface area (Å²) >= 11 is 0. The maximum atomic E-state index is 14.2. The third kappa shape index (κ3) is 4.45. The quantitative estimate of drug-likeness (QED) is 0.543. The fraction of sp³-hybridized carbons (Fsp3) is 0.692. The van der Waals surface area contributed by atoms with Crippen LogP contribution in [0.2, 0.25) is 0 Å². The molecule has 1 aromatic carbocycles. The summed E-state index contributed by atoms with van der Waals surface area (Å²) in [6.45, 7) is 2.29. The molecule has 3 heteroatoms. The minimum atomic E-state index is -3.18. The van der Waals surface area contributed by atoms with E-state index >= 15 is 0 Å². The minimum absolute atomic E-state index is 0.0373. The van der Waals surface area contributed by atoms with Gasteiger partial charge in [-0.2, -0.15) is 8.78 Å². The van der Waals surface area contributed by atoms with Gasteiger partial charge in [0, 0.05) is 5.56 Å². The highest BCUT2D eigenvalue weighted by molar-refractivity contribution is 5.60. The summed E-state index contributed by atoms with van der Waals surface area (Å²) in [7, 11) is 0. The zero-order valence-corrected chi connectivity index (χ0v) is 17.8. The van der Waals surface area contributed by atoms with Crippen LogP contribution >= 0.6 is 0 Å². The van der Waals surface area contributed by atoms with E-state index in [9.17, 15) is 13.9 Å². The molecule has 0 heterocycles. The van der Waals surface area contributed by atoms with Crippen molar-refractivity contribution in [3.05, 3.63) is 41.0 Å². The van der Waals surface area contributed by atoms with Crippen LogP contribution < -0.4 is 0 Å². The molecule has 1 nitrogen and oxygen atoms in total. The van der Waals surface area contributed by atoms with Crippen molar-refractivity contribution in [2.45, 2.75) is 95.5 Å². The minimum Gasteiger partial charge on any atom is -0.382 e. The number of alkyl halides is 2. The molecule has 1 atom stereocenters. The molecule has 1 N–H and O–H groups in total. The van der Waals surface area contributed by atoms with Gasteiger partial charge in [0.25, 0.3) is 0 Å². The van der Waals surface area contributed by atoms with Crippen molar-refractivity contribution in [1.82, 2.24) is 0 Å². The monoisotopic (exact) mass is 402 g/mol. The molecule has 3 aliphatic carbocycles. The lowest BCUT2D eigenvalue weighted by Gasteiger charge is -2.38. The Morgan fingerprint density at radius 1 is 0.966 bits per heavy atom. The van der Waals surface area contributed by atoms with Crippen LogP contribution in [-0.2, 0) is 5.92 Å². The molecule has 1 unspecified atom stereocenters. The molecule has 0 aliphatic heterocycles. The van der Waals surface area contributed by atoms with Crippen LogP contribution in [0.25, 0.3) is 6.08 Å². The van der Waals surface area contributed by atoms with Crippen molar-refractivity contribution < 1.29 is 13.9 Å². The smallest absolute Gasteiger partial charge is 0.302 e. The zero-order chi connectivity index (χ0) is 20.4. The van der Waals surface area contributed by atoms with Gasteiger partial charge in [-0.3, -0.25) is 0 Å². The van der Waals surface area contributed by atoms with E-state index < -0.39 is 12.0 Å². The first-order valence-electron chi connectivity index (χ1n) is 11.9. The van der Waals surface area contributed by atoms with Gasteiger partial charge in [0.05, 0.1) is 0 Å². The molecular formula is C26H36F2O. The molecule has 4 rings (SSSR count). The van der Waals surface area contributed by atoms with Crippen molar-refractivity contribution in [3.8, 4) is 0 Å². The molecule has 2 fully saturated rings.